The van der Waals surface area contributed by atoms with Crippen LogP contribution in [0.1, 0.15) is 11.1 Å². The quantitative estimate of drug-likeness (QED) is 0.506. The first kappa shape index (κ1) is 15.0. The van der Waals surface area contributed by atoms with Crippen molar-refractivity contribution in [1.82, 2.24) is 0 Å². The molecule has 0 saturated carbocycles. The highest BCUT2D eigenvalue weighted by Gasteiger charge is 2.34. The topological polar surface area (TPSA) is 24.4 Å². The third-order valence-electron chi connectivity index (χ3n) is 2.57. The molecule has 0 bridgehead atoms. The van der Waals surface area contributed by atoms with Gasteiger partial charge in [-0.3, -0.25) is 5.43 Å². The number of benzene rings is 2. The molecule has 0 radical (unpaired) electrons. The Hall–Kier alpha value is -2.44. The van der Waals surface area contributed by atoms with Gasteiger partial charge >= 0.3 is 6.18 Å². The van der Waals surface area contributed by atoms with Crippen LogP contribution in [0.4, 0.5) is 27.6 Å². The number of para-hydroxylation sites is 1. The minimum Gasteiger partial charge on any atom is -0.279 e. The highest BCUT2D eigenvalue weighted by molar-refractivity contribution is 5.82. The molecule has 2 nitrogen and oxygen atoms in total. The predicted octanol–water partition coefficient (Wildman–Crippen LogP) is 4.43. The SMILES string of the molecule is Fc1cc(C=NNc2ccccc2)c(C(F)(F)F)cc1F. The van der Waals surface area contributed by atoms with Crippen molar-refractivity contribution in [3.63, 3.8) is 0 Å². The van der Waals surface area contributed by atoms with E-state index in [1.54, 1.807) is 30.3 Å². The normalized spacial score (nSPS) is 11.9. The first-order valence-corrected chi connectivity index (χ1v) is 5.78. The molecule has 0 saturated heterocycles. The maximum atomic E-state index is 13.1. The van der Waals surface area contributed by atoms with E-state index in [0.717, 1.165) is 6.21 Å². The third-order valence-corrected chi connectivity index (χ3v) is 2.57. The van der Waals surface area contributed by atoms with Gasteiger partial charge in [0, 0.05) is 5.56 Å². The lowest BCUT2D eigenvalue weighted by Gasteiger charge is -2.10. The fourth-order valence-corrected chi connectivity index (χ4v) is 1.60. The van der Waals surface area contributed by atoms with Crippen LogP contribution in [0, 0.1) is 11.6 Å². The molecule has 0 aliphatic rings. The second-order valence-corrected chi connectivity index (χ2v) is 4.09. The molecule has 1 N–H and O–H groups in total. The molecular weight excluding hydrogens is 291 g/mol. The van der Waals surface area contributed by atoms with E-state index in [1.807, 2.05) is 0 Å². The van der Waals surface area contributed by atoms with Crippen LogP contribution in [0.2, 0.25) is 0 Å². The van der Waals surface area contributed by atoms with Crippen molar-refractivity contribution in [2.45, 2.75) is 6.18 Å². The molecule has 0 fully saturated rings. The summed E-state index contributed by atoms with van der Waals surface area (Å²) in [4.78, 5) is 0. The first-order valence-electron chi connectivity index (χ1n) is 5.78. The van der Waals surface area contributed by atoms with Gasteiger partial charge in [-0.25, -0.2) is 8.78 Å². The minimum absolute atomic E-state index is 0.110. The molecule has 0 heterocycles. The standard InChI is InChI=1S/C14H9F5N2/c15-12-6-9(11(7-13(12)16)14(17,18)19)8-20-21-10-4-2-1-3-5-10/h1-8,21H. The fourth-order valence-electron chi connectivity index (χ4n) is 1.60. The Bertz CT molecular complexity index is 650. The van der Waals surface area contributed by atoms with Crippen molar-refractivity contribution < 1.29 is 22.0 Å². The van der Waals surface area contributed by atoms with Gasteiger partial charge < -0.3 is 0 Å². The summed E-state index contributed by atoms with van der Waals surface area (Å²) >= 11 is 0. The van der Waals surface area contributed by atoms with Crippen LogP contribution in [0.25, 0.3) is 0 Å². The Morgan fingerprint density at radius 1 is 0.952 bits per heavy atom. The van der Waals surface area contributed by atoms with Gasteiger partial charge in [0.2, 0.25) is 0 Å². The Morgan fingerprint density at radius 2 is 1.57 bits per heavy atom. The van der Waals surface area contributed by atoms with Gasteiger partial charge in [-0.05, 0) is 24.3 Å². The number of nitrogens with one attached hydrogen (secondary N) is 1. The van der Waals surface area contributed by atoms with Crippen molar-refractivity contribution in [2.24, 2.45) is 5.10 Å². The van der Waals surface area contributed by atoms with Crippen molar-refractivity contribution in [2.75, 3.05) is 5.43 Å². The summed E-state index contributed by atoms with van der Waals surface area (Å²) in [6, 6.07) is 9.02. The van der Waals surface area contributed by atoms with Gasteiger partial charge in [-0.1, -0.05) is 18.2 Å². The average Bonchev–Trinajstić information content (AvgIpc) is 2.42. The molecular formula is C14H9F5N2. The smallest absolute Gasteiger partial charge is 0.279 e. The first-order chi connectivity index (χ1) is 9.88. The maximum absolute atomic E-state index is 13.1. The second kappa shape index (κ2) is 5.90. The highest BCUT2D eigenvalue weighted by atomic mass is 19.4. The summed E-state index contributed by atoms with van der Waals surface area (Å²) in [5.41, 5.74) is 1.18. The Morgan fingerprint density at radius 3 is 2.19 bits per heavy atom. The van der Waals surface area contributed by atoms with Crippen LogP contribution >= 0.6 is 0 Å². The van der Waals surface area contributed by atoms with E-state index in [9.17, 15) is 22.0 Å². The lowest BCUT2D eigenvalue weighted by molar-refractivity contribution is -0.137. The molecule has 2 aromatic rings. The van der Waals surface area contributed by atoms with E-state index in [4.69, 9.17) is 0 Å². The molecule has 110 valence electrons. The van der Waals surface area contributed by atoms with Crippen LogP contribution in [0.5, 0.6) is 0 Å². The van der Waals surface area contributed by atoms with Gasteiger partial charge in [0.1, 0.15) is 0 Å². The van der Waals surface area contributed by atoms with Crippen LogP contribution < -0.4 is 5.43 Å². The van der Waals surface area contributed by atoms with Gasteiger partial charge in [0.05, 0.1) is 17.5 Å². The van der Waals surface area contributed by atoms with E-state index in [0.29, 0.717) is 11.8 Å². The van der Waals surface area contributed by atoms with Crippen molar-refractivity contribution in [3.8, 4) is 0 Å². The summed E-state index contributed by atoms with van der Waals surface area (Å²) in [6.45, 7) is 0. The van der Waals surface area contributed by atoms with Crippen LogP contribution in [0.3, 0.4) is 0 Å². The zero-order valence-corrected chi connectivity index (χ0v) is 10.5. The second-order valence-electron chi connectivity index (χ2n) is 4.09. The van der Waals surface area contributed by atoms with E-state index in [-0.39, 0.29) is 6.07 Å². The zero-order chi connectivity index (χ0) is 15.5. The molecule has 2 aromatic carbocycles. The van der Waals surface area contributed by atoms with Crippen molar-refractivity contribution >= 4 is 11.9 Å². The van der Waals surface area contributed by atoms with Crippen molar-refractivity contribution in [3.05, 3.63) is 65.2 Å². The third kappa shape index (κ3) is 3.77. The Kier molecular flexibility index (Phi) is 4.21. The molecule has 0 spiro atoms. The number of hydrazone groups is 1. The summed E-state index contributed by atoms with van der Waals surface area (Å²) < 4.78 is 64.2. The minimum atomic E-state index is -4.80. The maximum Gasteiger partial charge on any atom is 0.417 e. The summed E-state index contributed by atoms with van der Waals surface area (Å²) in [6.07, 6.45) is -4.01. The van der Waals surface area contributed by atoms with E-state index >= 15 is 0 Å². The van der Waals surface area contributed by atoms with Gasteiger partial charge in [-0.2, -0.15) is 18.3 Å². The van der Waals surface area contributed by atoms with Crippen LogP contribution in [-0.4, -0.2) is 6.21 Å². The van der Waals surface area contributed by atoms with Gasteiger partial charge in [0.25, 0.3) is 0 Å². The number of anilines is 1. The monoisotopic (exact) mass is 300 g/mol. The molecule has 0 unspecified atom stereocenters. The molecule has 21 heavy (non-hydrogen) atoms. The number of rotatable bonds is 3. The number of halogens is 5. The molecule has 0 aliphatic carbocycles. The summed E-state index contributed by atoms with van der Waals surface area (Å²) in [7, 11) is 0. The summed E-state index contributed by atoms with van der Waals surface area (Å²) in [5.74, 6) is -2.93. The predicted molar refractivity (Wildman–Crippen MR) is 69.0 cm³/mol. The fraction of sp³-hybridized carbons (Fsp3) is 0.0714. The number of alkyl halides is 3. The van der Waals surface area contributed by atoms with E-state index in [2.05, 4.69) is 10.5 Å². The number of hydrogen-bond donors (Lipinski definition) is 1. The van der Waals surface area contributed by atoms with Crippen LogP contribution in [0.15, 0.2) is 47.6 Å². The number of hydrogen-bond acceptors (Lipinski definition) is 2. The van der Waals surface area contributed by atoms with Gasteiger partial charge in [0.15, 0.2) is 11.6 Å². The Balaban J connectivity index is 2.28. The molecule has 0 aliphatic heterocycles. The van der Waals surface area contributed by atoms with E-state index < -0.39 is 28.9 Å². The number of nitrogens with zero attached hydrogens (tertiary/aromatic N) is 1. The van der Waals surface area contributed by atoms with E-state index in [1.165, 1.54) is 0 Å². The lowest BCUT2D eigenvalue weighted by atomic mass is 10.1. The van der Waals surface area contributed by atoms with Gasteiger partial charge in [-0.15, -0.1) is 0 Å². The highest BCUT2D eigenvalue weighted by Crippen LogP contribution is 2.32. The molecule has 0 aromatic heterocycles. The average molecular weight is 300 g/mol. The lowest BCUT2D eigenvalue weighted by Crippen LogP contribution is -2.11. The molecule has 7 heteroatoms. The van der Waals surface area contributed by atoms with Crippen molar-refractivity contribution in [1.29, 1.82) is 0 Å². The Labute approximate surface area is 116 Å². The molecule has 2 rings (SSSR count). The molecule has 0 amide bonds. The zero-order valence-electron chi connectivity index (χ0n) is 10.5. The molecule has 0 atom stereocenters. The van der Waals surface area contributed by atoms with Crippen LogP contribution in [-0.2, 0) is 6.18 Å². The largest absolute Gasteiger partial charge is 0.417 e. The summed E-state index contributed by atoms with van der Waals surface area (Å²) in [5, 5.41) is 3.59.